The minimum atomic E-state index is 0.575. The van der Waals surface area contributed by atoms with E-state index in [2.05, 4.69) is 6.07 Å². The molecule has 0 fully saturated rings. The van der Waals surface area contributed by atoms with E-state index in [0.29, 0.717) is 19.8 Å². The lowest BCUT2D eigenvalue weighted by atomic mass is 10.0. The summed E-state index contributed by atoms with van der Waals surface area (Å²) in [5.41, 5.74) is 3.35. The third kappa shape index (κ3) is 3.30. The molecule has 0 atom stereocenters. The van der Waals surface area contributed by atoms with Gasteiger partial charge in [0, 0.05) is 21.3 Å². The van der Waals surface area contributed by atoms with Crippen molar-refractivity contribution in [3.63, 3.8) is 0 Å². The van der Waals surface area contributed by atoms with Crippen molar-refractivity contribution in [1.82, 2.24) is 0 Å². The maximum Gasteiger partial charge on any atom is 0.0720 e. The van der Waals surface area contributed by atoms with E-state index < -0.39 is 0 Å². The second kappa shape index (κ2) is 6.56. The van der Waals surface area contributed by atoms with Crippen LogP contribution in [0, 0.1) is 6.07 Å². The van der Waals surface area contributed by atoms with Crippen molar-refractivity contribution in [2.75, 3.05) is 21.3 Å². The van der Waals surface area contributed by atoms with E-state index >= 15 is 0 Å². The van der Waals surface area contributed by atoms with Gasteiger partial charge in [-0.15, -0.1) is 0 Å². The Morgan fingerprint density at radius 3 is 1.73 bits per heavy atom. The van der Waals surface area contributed by atoms with E-state index in [1.54, 1.807) is 21.3 Å². The molecule has 0 aliphatic rings. The first-order valence-corrected chi connectivity index (χ1v) is 4.81. The standard InChI is InChI=1S/C12H17O3/c1-13-7-10-5-4-6-11(8-14-2)12(10)9-15-3/h5-6H,7-9H2,1-3H3. The molecule has 3 nitrogen and oxygen atoms in total. The summed E-state index contributed by atoms with van der Waals surface area (Å²) in [6.45, 7) is 1.73. The summed E-state index contributed by atoms with van der Waals surface area (Å²) in [6, 6.07) is 6.94. The van der Waals surface area contributed by atoms with Crippen molar-refractivity contribution >= 4 is 0 Å². The summed E-state index contributed by atoms with van der Waals surface area (Å²) >= 11 is 0. The van der Waals surface area contributed by atoms with E-state index in [0.717, 1.165) is 16.7 Å². The maximum absolute atomic E-state index is 5.18. The van der Waals surface area contributed by atoms with E-state index in [1.807, 2.05) is 12.1 Å². The molecule has 1 aromatic rings. The monoisotopic (exact) mass is 209 g/mol. The summed E-state index contributed by atoms with van der Waals surface area (Å²) in [7, 11) is 5.04. The van der Waals surface area contributed by atoms with E-state index in [-0.39, 0.29) is 0 Å². The lowest BCUT2D eigenvalue weighted by molar-refractivity contribution is 0.159. The molecule has 1 rings (SSSR count). The molecule has 3 heteroatoms. The van der Waals surface area contributed by atoms with Crippen LogP contribution in [0.5, 0.6) is 0 Å². The number of ether oxygens (including phenoxy) is 3. The Bertz CT molecular complexity index is 273. The summed E-state index contributed by atoms with van der Waals surface area (Å²) in [4.78, 5) is 0. The first-order valence-electron chi connectivity index (χ1n) is 4.81. The fraction of sp³-hybridized carbons (Fsp3) is 0.500. The van der Waals surface area contributed by atoms with Gasteiger partial charge in [0.05, 0.1) is 19.8 Å². The highest BCUT2D eigenvalue weighted by Crippen LogP contribution is 2.17. The zero-order valence-corrected chi connectivity index (χ0v) is 9.50. The molecule has 0 N–H and O–H groups in total. The lowest BCUT2D eigenvalue weighted by Gasteiger charge is -2.13. The van der Waals surface area contributed by atoms with Crippen molar-refractivity contribution in [1.29, 1.82) is 0 Å². The second-order valence-corrected chi connectivity index (χ2v) is 3.28. The molecule has 1 radical (unpaired) electrons. The second-order valence-electron chi connectivity index (χ2n) is 3.28. The third-order valence-electron chi connectivity index (χ3n) is 2.18. The highest BCUT2D eigenvalue weighted by molar-refractivity contribution is 5.33. The Labute approximate surface area is 91.0 Å². The van der Waals surface area contributed by atoms with Crippen LogP contribution >= 0.6 is 0 Å². The first kappa shape index (κ1) is 12.2. The van der Waals surface area contributed by atoms with Crippen molar-refractivity contribution in [3.05, 3.63) is 34.9 Å². The van der Waals surface area contributed by atoms with Crippen LogP contribution in [0.1, 0.15) is 16.7 Å². The molecule has 0 heterocycles. The van der Waals surface area contributed by atoms with Crippen molar-refractivity contribution in [2.24, 2.45) is 0 Å². The average Bonchev–Trinajstić information content (AvgIpc) is 2.23. The molecule has 0 amide bonds. The Kier molecular flexibility index (Phi) is 5.32. The van der Waals surface area contributed by atoms with Gasteiger partial charge in [-0.1, -0.05) is 0 Å². The number of hydrogen-bond donors (Lipinski definition) is 0. The number of rotatable bonds is 6. The van der Waals surface area contributed by atoms with Gasteiger partial charge in [0.15, 0.2) is 0 Å². The van der Waals surface area contributed by atoms with Crippen LogP contribution in [0.15, 0.2) is 12.1 Å². The summed E-state index contributed by atoms with van der Waals surface area (Å²) in [5.74, 6) is 0. The summed E-state index contributed by atoms with van der Waals surface area (Å²) in [5, 5.41) is 0. The fourth-order valence-electron chi connectivity index (χ4n) is 1.52. The van der Waals surface area contributed by atoms with Gasteiger partial charge in [0.2, 0.25) is 0 Å². The average molecular weight is 209 g/mol. The molecule has 0 aliphatic carbocycles. The lowest BCUT2D eigenvalue weighted by Crippen LogP contribution is -2.03. The minimum absolute atomic E-state index is 0.575. The topological polar surface area (TPSA) is 27.7 Å². The highest BCUT2D eigenvalue weighted by atomic mass is 16.5. The van der Waals surface area contributed by atoms with Gasteiger partial charge in [0.1, 0.15) is 0 Å². The number of methoxy groups -OCH3 is 3. The molecule has 0 aromatic heterocycles. The van der Waals surface area contributed by atoms with Gasteiger partial charge in [-0.25, -0.2) is 0 Å². The molecule has 1 aromatic carbocycles. The summed E-state index contributed by atoms with van der Waals surface area (Å²) < 4.78 is 15.4. The highest BCUT2D eigenvalue weighted by Gasteiger charge is 2.07. The molecule has 0 spiro atoms. The third-order valence-corrected chi connectivity index (χ3v) is 2.18. The molecule has 0 saturated carbocycles. The van der Waals surface area contributed by atoms with Crippen molar-refractivity contribution in [3.8, 4) is 0 Å². The molecule has 0 saturated heterocycles. The largest absolute Gasteiger partial charge is 0.380 e. The van der Waals surface area contributed by atoms with Crippen LogP contribution < -0.4 is 0 Å². The maximum atomic E-state index is 5.18. The quantitative estimate of drug-likeness (QED) is 0.716. The SMILES string of the molecule is COCc1c[c]cc(COC)c1COC. The molecule has 0 aliphatic heterocycles. The van der Waals surface area contributed by atoms with Crippen LogP contribution in [-0.2, 0) is 34.0 Å². The van der Waals surface area contributed by atoms with Gasteiger partial charge in [-0.2, -0.15) is 0 Å². The van der Waals surface area contributed by atoms with Crippen molar-refractivity contribution < 1.29 is 14.2 Å². The Morgan fingerprint density at radius 1 is 0.867 bits per heavy atom. The van der Waals surface area contributed by atoms with E-state index in [1.165, 1.54) is 0 Å². The molecule has 0 bridgehead atoms. The van der Waals surface area contributed by atoms with Gasteiger partial charge in [0.25, 0.3) is 0 Å². The zero-order chi connectivity index (χ0) is 11.1. The van der Waals surface area contributed by atoms with Gasteiger partial charge in [-0.05, 0) is 34.9 Å². The molecule has 15 heavy (non-hydrogen) atoms. The first-order chi connectivity index (χ1) is 7.33. The van der Waals surface area contributed by atoms with Gasteiger partial charge >= 0.3 is 0 Å². The zero-order valence-electron chi connectivity index (χ0n) is 9.50. The van der Waals surface area contributed by atoms with Crippen LogP contribution in [-0.4, -0.2) is 21.3 Å². The number of hydrogen-bond acceptors (Lipinski definition) is 3. The van der Waals surface area contributed by atoms with Crippen LogP contribution in [0.3, 0.4) is 0 Å². The predicted octanol–water partition coefficient (Wildman–Crippen LogP) is 1.93. The van der Waals surface area contributed by atoms with Crippen LogP contribution in [0.2, 0.25) is 0 Å². The number of benzene rings is 1. The van der Waals surface area contributed by atoms with Crippen LogP contribution in [0.4, 0.5) is 0 Å². The van der Waals surface area contributed by atoms with Gasteiger partial charge in [-0.3, -0.25) is 0 Å². The smallest absolute Gasteiger partial charge is 0.0720 e. The molecule has 83 valence electrons. The fourth-order valence-corrected chi connectivity index (χ4v) is 1.52. The molecular weight excluding hydrogens is 192 g/mol. The summed E-state index contributed by atoms with van der Waals surface area (Å²) in [6.07, 6.45) is 0. The predicted molar refractivity (Wildman–Crippen MR) is 57.4 cm³/mol. The molecular formula is C12H17O3. The van der Waals surface area contributed by atoms with E-state index in [9.17, 15) is 0 Å². The Balaban J connectivity index is 2.97. The Morgan fingerprint density at radius 2 is 1.33 bits per heavy atom. The molecule has 0 unspecified atom stereocenters. The Hall–Kier alpha value is -0.900. The van der Waals surface area contributed by atoms with Crippen LogP contribution in [0.25, 0.3) is 0 Å². The van der Waals surface area contributed by atoms with Gasteiger partial charge < -0.3 is 14.2 Å². The minimum Gasteiger partial charge on any atom is -0.380 e. The van der Waals surface area contributed by atoms with Crippen molar-refractivity contribution in [2.45, 2.75) is 19.8 Å². The normalized spacial score (nSPS) is 10.6. The van der Waals surface area contributed by atoms with E-state index in [4.69, 9.17) is 14.2 Å².